The summed E-state index contributed by atoms with van der Waals surface area (Å²) in [5.74, 6) is 1.68. The molecule has 6 heteroatoms. The van der Waals surface area contributed by atoms with Crippen LogP contribution in [0.4, 0.5) is 11.5 Å². The predicted molar refractivity (Wildman–Crippen MR) is 124 cm³/mol. The number of benzene rings is 1. The molecule has 1 amide bonds. The minimum Gasteiger partial charge on any atom is -0.367 e. The van der Waals surface area contributed by atoms with Gasteiger partial charge in [0.15, 0.2) is 0 Å². The van der Waals surface area contributed by atoms with Crippen LogP contribution in [0.1, 0.15) is 62.6 Å². The van der Waals surface area contributed by atoms with Crippen LogP contribution in [0.15, 0.2) is 36.5 Å². The quantitative estimate of drug-likeness (QED) is 0.469. The normalized spacial score (nSPS) is 17.0. The van der Waals surface area contributed by atoms with Gasteiger partial charge in [0.2, 0.25) is 5.91 Å². The Morgan fingerprint density at radius 1 is 1.06 bits per heavy atom. The van der Waals surface area contributed by atoms with Crippen molar-refractivity contribution in [3.05, 3.63) is 47.8 Å². The maximum absolute atomic E-state index is 12.1. The molecule has 2 saturated carbocycles. The molecule has 0 unspecified atom stereocenters. The van der Waals surface area contributed by atoms with Gasteiger partial charge in [-0.05, 0) is 68.2 Å². The van der Waals surface area contributed by atoms with E-state index >= 15 is 0 Å². The Morgan fingerprint density at radius 3 is 2.77 bits per heavy atom. The lowest BCUT2D eigenvalue weighted by atomic mass is 9.95. The van der Waals surface area contributed by atoms with Crippen LogP contribution in [0.3, 0.4) is 0 Å². The Kier molecular flexibility index (Phi) is 5.87. The number of amides is 1. The number of fused-ring (bicyclic) bond motifs is 1. The Balaban J connectivity index is 1.27. The third-order valence-corrected chi connectivity index (χ3v) is 6.53. The molecule has 0 aliphatic heterocycles. The van der Waals surface area contributed by atoms with Crippen LogP contribution in [-0.4, -0.2) is 27.1 Å². The predicted octanol–water partition coefficient (Wildman–Crippen LogP) is 5.23. The van der Waals surface area contributed by atoms with Crippen LogP contribution in [0.5, 0.6) is 0 Å². The number of hydrogen-bond acceptors (Lipinski definition) is 4. The molecule has 2 aromatic heterocycles. The Bertz CT molecular complexity index is 1050. The van der Waals surface area contributed by atoms with Crippen LogP contribution < -0.4 is 10.6 Å². The maximum atomic E-state index is 12.1. The van der Waals surface area contributed by atoms with Crippen molar-refractivity contribution >= 4 is 28.3 Å². The van der Waals surface area contributed by atoms with Crippen LogP contribution in [0.2, 0.25) is 0 Å². The first-order valence-corrected chi connectivity index (χ1v) is 11.7. The molecule has 0 saturated heterocycles. The fraction of sp³-hybridized carbons (Fsp3) is 0.480. The first kappa shape index (κ1) is 20.0. The van der Waals surface area contributed by atoms with E-state index in [1.54, 1.807) is 0 Å². The summed E-state index contributed by atoms with van der Waals surface area (Å²) in [5.41, 5.74) is 4.17. The van der Waals surface area contributed by atoms with Crippen LogP contribution in [-0.2, 0) is 17.6 Å². The van der Waals surface area contributed by atoms with Crippen molar-refractivity contribution in [2.24, 2.45) is 5.92 Å². The lowest BCUT2D eigenvalue weighted by molar-refractivity contribution is -0.116. The summed E-state index contributed by atoms with van der Waals surface area (Å²) < 4.78 is 0. The van der Waals surface area contributed by atoms with E-state index in [0.29, 0.717) is 18.4 Å². The van der Waals surface area contributed by atoms with Gasteiger partial charge in [0.1, 0.15) is 5.82 Å². The maximum Gasteiger partial charge on any atom is 0.224 e. The third kappa shape index (κ3) is 5.06. The van der Waals surface area contributed by atoms with Gasteiger partial charge in [0.25, 0.3) is 0 Å². The molecule has 2 aliphatic carbocycles. The summed E-state index contributed by atoms with van der Waals surface area (Å²) in [6.07, 6.45) is 12.9. The standard InChI is InChI=1S/C25H31N5O/c31-23(16-18-9-10-18)27-20-8-4-5-17(15-20)11-12-21-24-22(30-29-21)13-14-26-25(24)28-19-6-2-1-3-7-19/h4-5,8,13-15,18-19H,1-3,6-7,9-12,16H2,(H,26,28)(H,27,31)(H,29,30). The van der Waals surface area contributed by atoms with Gasteiger partial charge < -0.3 is 10.6 Å². The van der Waals surface area contributed by atoms with E-state index in [9.17, 15) is 4.79 Å². The number of aryl methyl sites for hydroxylation is 2. The molecule has 31 heavy (non-hydrogen) atoms. The number of rotatable bonds is 8. The van der Waals surface area contributed by atoms with Gasteiger partial charge in [0, 0.05) is 30.0 Å². The average molecular weight is 418 g/mol. The number of pyridine rings is 1. The zero-order chi connectivity index (χ0) is 21.0. The summed E-state index contributed by atoms with van der Waals surface area (Å²) in [4.78, 5) is 16.8. The number of nitrogens with one attached hydrogen (secondary N) is 3. The first-order valence-electron chi connectivity index (χ1n) is 11.7. The minimum absolute atomic E-state index is 0.128. The fourth-order valence-corrected chi connectivity index (χ4v) is 4.63. The largest absolute Gasteiger partial charge is 0.367 e. The molecule has 2 heterocycles. The van der Waals surface area contributed by atoms with E-state index in [4.69, 9.17) is 0 Å². The molecule has 1 aromatic carbocycles. The number of nitrogens with zero attached hydrogens (tertiary/aromatic N) is 2. The van der Waals surface area contributed by atoms with Gasteiger partial charge in [0.05, 0.1) is 10.9 Å². The monoisotopic (exact) mass is 417 g/mol. The minimum atomic E-state index is 0.128. The topological polar surface area (TPSA) is 82.7 Å². The van der Waals surface area contributed by atoms with E-state index in [1.807, 2.05) is 24.4 Å². The average Bonchev–Trinajstić information content (AvgIpc) is 3.49. The first-order chi connectivity index (χ1) is 15.2. The van der Waals surface area contributed by atoms with E-state index in [-0.39, 0.29) is 5.91 Å². The molecule has 162 valence electrons. The number of carbonyl (C=O) groups is 1. The van der Waals surface area contributed by atoms with Gasteiger partial charge in [-0.3, -0.25) is 9.89 Å². The molecule has 0 bridgehead atoms. The number of hydrogen-bond donors (Lipinski definition) is 3. The highest BCUT2D eigenvalue weighted by Crippen LogP contribution is 2.32. The molecule has 6 nitrogen and oxygen atoms in total. The molecule has 0 radical (unpaired) electrons. The Hall–Kier alpha value is -2.89. The smallest absolute Gasteiger partial charge is 0.224 e. The molecule has 2 fully saturated rings. The molecular formula is C25H31N5O. The van der Waals surface area contributed by atoms with Crippen molar-refractivity contribution in [1.82, 2.24) is 15.2 Å². The van der Waals surface area contributed by atoms with Crippen molar-refractivity contribution in [1.29, 1.82) is 0 Å². The second-order valence-electron chi connectivity index (χ2n) is 9.13. The van der Waals surface area contributed by atoms with E-state index in [2.05, 4.69) is 37.9 Å². The Morgan fingerprint density at radius 2 is 1.94 bits per heavy atom. The van der Waals surface area contributed by atoms with Crippen molar-refractivity contribution in [3.63, 3.8) is 0 Å². The van der Waals surface area contributed by atoms with Gasteiger partial charge in [-0.1, -0.05) is 31.4 Å². The number of aromatic nitrogens is 3. The summed E-state index contributed by atoms with van der Waals surface area (Å²) in [6.45, 7) is 0. The van der Waals surface area contributed by atoms with Gasteiger partial charge in [-0.2, -0.15) is 5.10 Å². The highest BCUT2D eigenvalue weighted by atomic mass is 16.1. The number of aromatic amines is 1. The lowest BCUT2D eigenvalue weighted by Gasteiger charge is -2.23. The zero-order valence-corrected chi connectivity index (χ0v) is 18.0. The molecule has 3 N–H and O–H groups in total. The van der Waals surface area contributed by atoms with Crippen molar-refractivity contribution in [3.8, 4) is 0 Å². The van der Waals surface area contributed by atoms with Gasteiger partial charge >= 0.3 is 0 Å². The van der Waals surface area contributed by atoms with Crippen LogP contribution in [0, 0.1) is 5.92 Å². The summed E-state index contributed by atoms with van der Waals surface area (Å²) >= 11 is 0. The summed E-state index contributed by atoms with van der Waals surface area (Å²) in [5, 5.41) is 15.6. The van der Waals surface area contributed by atoms with E-state index in [0.717, 1.165) is 40.9 Å². The third-order valence-electron chi connectivity index (χ3n) is 6.53. The highest BCUT2D eigenvalue weighted by Gasteiger charge is 2.24. The molecule has 5 rings (SSSR count). The van der Waals surface area contributed by atoms with Crippen molar-refractivity contribution < 1.29 is 4.79 Å². The zero-order valence-electron chi connectivity index (χ0n) is 18.0. The summed E-state index contributed by atoms with van der Waals surface area (Å²) in [6, 6.07) is 10.7. The SMILES string of the molecule is O=C(CC1CC1)Nc1cccc(CCc2[nH]nc3ccnc(NC4CCCCC4)c23)c1. The molecule has 3 aromatic rings. The number of carbonyl (C=O) groups excluding carboxylic acids is 1. The van der Waals surface area contributed by atoms with Crippen LogP contribution >= 0.6 is 0 Å². The fourth-order valence-electron chi connectivity index (χ4n) is 4.63. The number of anilines is 2. The van der Waals surface area contributed by atoms with E-state index in [1.165, 1.54) is 50.5 Å². The van der Waals surface area contributed by atoms with Crippen molar-refractivity contribution in [2.45, 2.75) is 70.3 Å². The Labute approximate surface area is 183 Å². The lowest BCUT2D eigenvalue weighted by Crippen LogP contribution is -2.23. The molecule has 0 atom stereocenters. The molecular weight excluding hydrogens is 386 g/mol. The molecule has 2 aliphatic rings. The second-order valence-corrected chi connectivity index (χ2v) is 9.13. The highest BCUT2D eigenvalue weighted by molar-refractivity contribution is 5.92. The van der Waals surface area contributed by atoms with Crippen LogP contribution in [0.25, 0.3) is 10.9 Å². The molecule has 0 spiro atoms. The van der Waals surface area contributed by atoms with Gasteiger partial charge in [-0.25, -0.2) is 4.98 Å². The number of H-pyrrole nitrogens is 1. The van der Waals surface area contributed by atoms with Gasteiger partial charge in [-0.15, -0.1) is 0 Å². The van der Waals surface area contributed by atoms with Crippen molar-refractivity contribution in [2.75, 3.05) is 10.6 Å². The summed E-state index contributed by atoms with van der Waals surface area (Å²) in [7, 11) is 0. The second kappa shape index (κ2) is 9.08. The van der Waals surface area contributed by atoms with E-state index < -0.39 is 0 Å².